The molecule has 0 fully saturated rings. The molecule has 0 spiro atoms. The third-order valence-corrected chi connectivity index (χ3v) is 4.48. The van der Waals surface area contributed by atoms with Crippen LogP contribution in [0.1, 0.15) is 31.1 Å². The van der Waals surface area contributed by atoms with E-state index >= 15 is 0 Å². The molecule has 0 aromatic heterocycles. The van der Waals surface area contributed by atoms with Crippen molar-refractivity contribution in [2.75, 3.05) is 6.61 Å². The summed E-state index contributed by atoms with van der Waals surface area (Å²) in [6, 6.07) is 23.6. The fraction of sp³-hybridized carbons (Fsp3) is 0.120. The van der Waals surface area contributed by atoms with Gasteiger partial charge >= 0.3 is 23.9 Å². The number of aliphatic carboxylic acids is 1. The second-order valence-corrected chi connectivity index (χ2v) is 6.80. The number of benzene rings is 3. The van der Waals surface area contributed by atoms with Gasteiger partial charge in [-0.05, 0) is 36.4 Å². The zero-order valence-electron chi connectivity index (χ0n) is 17.3. The molecule has 3 aromatic carbocycles. The molecule has 0 saturated heterocycles. The minimum Gasteiger partial charge on any atom is -0.478 e. The lowest BCUT2D eigenvalue weighted by atomic mass is 10.1. The lowest BCUT2D eigenvalue weighted by molar-refractivity contribution is -0.155. The van der Waals surface area contributed by atoms with E-state index in [-0.39, 0.29) is 16.7 Å². The predicted octanol–water partition coefficient (Wildman–Crippen LogP) is 3.38. The summed E-state index contributed by atoms with van der Waals surface area (Å²) < 4.78 is 15.6. The maximum atomic E-state index is 12.6. The third kappa shape index (κ3) is 6.51. The van der Waals surface area contributed by atoms with E-state index in [9.17, 15) is 24.3 Å². The van der Waals surface area contributed by atoms with Crippen LogP contribution in [-0.2, 0) is 19.0 Å². The highest BCUT2D eigenvalue weighted by Gasteiger charge is 2.37. The first-order valence-corrected chi connectivity index (χ1v) is 9.92. The van der Waals surface area contributed by atoms with Gasteiger partial charge in [-0.2, -0.15) is 0 Å². The molecule has 1 N–H and O–H groups in total. The first-order valence-electron chi connectivity index (χ1n) is 9.92. The molecule has 0 radical (unpaired) electrons. The van der Waals surface area contributed by atoms with Gasteiger partial charge in [-0.1, -0.05) is 54.6 Å². The van der Waals surface area contributed by atoms with Crippen LogP contribution in [0.2, 0.25) is 0 Å². The Kier molecular flexibility index (Phi) is 7.91. The van der Waals surface area contributed by atoms with Crippen molar-refractivity contribution < 1.29 is 38.5 Å². The summed E-state index contributed by atoms with van der Waals surface area (Å²) in [7, 11) is 0. The first-order chi connectivity index (χ1) is 16.0. The highest BCUT2D eigenvalue weighted by Crippen LogP contribution is 2.14. The van der Waals surface area contributed by atoms with E-state index in [4.69, 9.17) is 14.2 Å². The maximum absolute atomic E-state index is 12.6. The molecular formula is C25H20O8. The summed E-state index contributed by atoms with van der Waals surface area (Å²) >= 11 is 0. The Bertz CT molecular complexity index is 1100. The number of carbonyl (C=O) groups is 4. The second kappa shape index (κ2) is 11.2. The molecule has 168 valence electrons. The maximum Gasteiger partial charge on any atom is 0.349 e. The molecule has 8 heteroatoms. The minimum absolute atomic E-state index is 0.109. The Morgan fingerprint density at radius 1 is 0.606 bits per heavy atom. The van der Waals surface area contributed by atoms with Gasteiger partial charge in [0.15, 0.2) is 6.10 Å². The molecule has 2 atom stereocenters. The van der Waals surface area contributed by atoms with Gasteiger partial charge in [0.05, 0.1) is 16.7 Å². The molecule has 0 bridgehead atoms. The smallest absolute Gasteiger partial charge is 0.349 e. The van der Waals surface area contributed by atoms with Gasteiger partial charge in [-0.25, -0.2) is 19.2 Å². The van der Waals surface area contributed by atoms with Crippen LogP contribution in [-0.4, -0.2) is 47.8 Å². The van der Waals surface area contributed by atoms with Crippen LogP contribution in [0.4, 0.5) is 0 Å². The fourth-order valence-electron chi connectivity index (χ4n) is 2.82. The van der Waals surface area contributed by atoms with Gasteiger partial charge in [0.1, 0.15) is 6.61 Å². The molecule has 0 aliphatic rings. The standard InChI is InChI=1S/C25H20O8/c26-22(27)21(33-25(30)19-14-8-3-9-15-19)20(32-24(29)18-12-6-2-7-13-18)16-31-23(28)17-10-4-1-5-11-17/h1-15,20-21H,16H2,(H,26,27)/t20-,21-/m0/s1. The number of ether oxygens (including phenoxy) is 3. The zero-order valence-corrected chi connectivity index (χ0v) is 17.3. The fourth-order valence-corrected chi connectivity index (χ4v) is 2.82. The van der Waals surface area contributed by atoms with E-state index < -0.39 is 42.7 Å². The Morgan fingerprint density at radius 2 is 1.00 bits per heavy atom. The number of esters is 3. The minimum atomic E-state index is -1.92. The van der Waals surface area contributed by atoms with E-state index in [1.807, 2.05) is 0 Å². The zero-order chi connectivity index (χ0) is 23.6. The molecule has 33 heavy (non-hydrogen) atoms. The molecule has 0 saturated carbocycles. The molecule has 8 nitrogen and oxygen atoms in total. The van der Waals surface area contributed by atoms with Crippen molar-refractivity contribution in [2.24, 2.45) is 0 Å². The number of carboxylic acid groups (broad SMARTS) is 1. The summed E-state index contributed by atoms with van der Waals surface area (Å²) in [5, 5.41) is 9.70. The van der Waals surface area contributed by atoms with Crippen molar-refractivity contribution in [2.45, 2.75) is 12.2 Å². The van der Waals surface area contributed by atoms with Crippen molar-refractivity contribution in [3.63, 3.8) is 0 Å². The molecule has 0 heterocycles. The number of hydrogen-bond donors (Lipinski definition) is 1. The number of carbonyl (C=O) groups excluding carboxylic acids is 3. The highest BCUT2D eigenvalue weighted by atomic mass is 16.6. The van der Waals surface area contributed by atoms with Crippen molar-refractivity contribution in [1.82, 2.24) is 0 Å². The van der Waals surface area contributed by atoms with E-state index in [1.54, 1.807) is 54.6 Å². The lowest BCUT2D eigenvalue weighted by Gasteiger charge is -2.24. The van der Waals surface area contributed by atoms with Crippen molar-refractivity contribution in [1.29, 1.82) is 0 Å². The molecule has 0 amide bonds. The van der Waals surface area contributed by atoms with Crippen LogP contribution >= 0.6 is 0 Å². The summed E-state index contributed by atoms with van der Waals surface area (Å²) in [5.41, 5.74) is 0.479. The molecule has 0 aliphatic heterocycles. The normalized spacial score (nSPS) is 12.1. The van der Waals surface area contributed by atoms with Crippen LogP contribution < -0.4 is 0 Å². The van der Waals surface area contributed by atoms with Gasteiger partial charge in [-0.15, -0.1) is 0 Å². The molecule has 0 unspecified atom stereocenters. The van der Waals surface area contributed by atoms with Crippen LogP contribution in [0, 0.1) is 0 Å². The number of carboxylic acids is 1. The Balaban J connectivity index is 1.80. The molecule has 0 aliphatic carbocycles. The van der Waals surface area contributed by atoms with Gasteiger partial charge in [0.25, 0.3) is 0 Å². The van der Waals surface area contributed by atoms with Crippen LogP contribution in [0.25, 0.3) is 0 Å². The van der Waals surface area contributed by atoms with Gasteiger partial charge in [-0.3, -0.25) is 0 Å². The first kappa shape index (κ1) is 23.2. The average Bonchev–Trinajstić information content (AvgIpc) is 2.86. The molecular weight excluding hydrogens is 428 g/mol. The van der Waals surface area contributed by atoms with Gasteiger partial charge < -0.3 is 19.3 Å². The van der Waals surface area contributed by atoms with Crippen LogP contribution in [0.3, 0.4) is 0 Å². The Labute approximate surface area is 189 Å². The van der Waals surface area contributed by atoms with E-state index in [0.29, 0.717) is 0 Å². The van der Waals surface area contributed by atoms with Crippen LogP contribution in [0.5, 0.6) is 0 Å². The third-order valence-electron chi connectivity index (χ3n) is 4.48. The Hall–Kier alpha value is -4.46. The van der Waals surface area contributed by atoms with E-state index in [0.717, 1.165) is 0 Å². The monoisotopic (exact) mass is 448 g/mol. The molecule has 3 rings (SSSR count). The van der Waals surface area contributed by atoms with Gasteiger partial charge in [0, 0.05) is 0 Å². The SMILES string of the molecule is O=C(OC[C@H](OC(=O)c1ccccc1)[C@H](OC(=O)c1ccccc1)C(=O)O)c1ccccc1. The van der Waals surface area contributed by atoms with E-state index in [2.05, 4.69) is 0 Å². The molecule has 3 aromatic rings. The number of hydrogen-bond acceptors (Lipinski definition) is 7. The van der Waals surface area contributed by atoms with Crippen molar-refractivity contribution in [3.05, 3.63) is 108 Å². The largest absolute Gasteiger partial charge is 0.478 e. The van der Waals surface area contributed by atoms with E-state index in [1.165, 1.54) is 36.4 Å². The summed E-state index contributed by atoms with van der Waals surface area (Å²) in [6.45, 7) is -0.647. The average molecular weight is 448 g/mol. The summed E-state index contributed by atoms with van der Waals surface area (Å²) in [6.07, 6.45) is -3.52. The van der Waals surface area contributed by atoms with Crippen molar-refractivity contribution in [3.8, 4) is 0 Å². The summed E-state index contributed by atoms with van der Waals surface area (Å²) in [4.78, 5) is 49.3. The topological polar surface area (TPSA) is 116 Å². The second-order valence-electron chi connectivity index (χ2n) is 6.80. The Morgan fingerprint density at radius 3 is 1.42 bits per heavy atom. The summed E-state index contributed by atoms with van der Waals surface area (Å²) in [5.74, 6) is -4.12. The van der Waals surface area contributed by atoms with Crippen molar-refractivity contribution >= 4 is 23.9 Å². The van der Waals surface area contributed by atoms with Gasteiger partial charge in [0.2, 0.25) is 6.10 Å². The predicted molar refractivity (Wildman–Crippen MR) is 116 cm³/mol. The quantitative estimate of drug-likeness (QED) is 0.391. The van der Waals surface area contributed by atoms with Crippen LogP contribution in [0.15, 0.2) is 91.0 Å². The highest BCUT2D eigenvalue weighted by molar-refractivity contribution is 5.92. The lowest BCUT2D eigenvalue weighted by Crippen LogP contribution is -2.44. The number of rotatable bonds is 9.